The predicted octanol–water partition coefficient (Wildman–Crippen LogP) is 4.26. The molecule has 7 rings (SSSR count). The van der Waals surface area contributed by atoms with Gasteiger partial charge in [-0.1, -0.05) is 32.9 Å². The molecule has 3 N–H and O–H groups in total. The second-order valence-corrected chi connectivity index (χ2v) is 12.1. The molecule has 2 bridgehead atoms. The van der Waals surface area contributed by atoms with E-state index in [-0.39, 0.29) is 17.4 Å². The molecule has 8 heteroatoms. The van der Waals surface area contributed by atoms with Gasteiger partial charge in [0.15, 0.2) is 5.96 Å². The van der Waals surface area contributed by atoms with Gasteiger partial charge in [-0.15, -0.1) is 0 Å². The largest absolute Gasteiger partial charge is 0.339 e. The number of benzene rings is 2. The number of guanidine groups is 1. The summed E-state index contributed by atoms with van der Waals surface area (Å²) >= 11 is 0. The Morgan fingerprint density at radius 1 is 1.18 bits per heavy atom. The molecular formula is C30H37FN6O. The molecule has 4 aliphatic rings. The number of hydrogen-bond donors (Lipinski definition) is 2. The number of fused-ring (bicyclic) bond motifs is 3. The van der Waals surface area contributed by atoms with E-state index in [4.69, 9.17) is 10.7 Å². The first kappa shape index (κ1) is 25.0. The molecule has 3 aromatic rings. The Hall–Kier alpha value is -3.26. The molecule has 4 atom stereocenters. The lowest BCUT2D eigenvalue weighted by molar-refractivity contribution is -0.108. The highest BCUT2D eigenvalue weighted by atomic mass is 19.1. The van der Waals surface area contributed by atoms with E-state index in [9.17, 15) is 9.18 Å². The molecule has 200 valence electrons. The van der Waals surface area contributed by atoms with Gasteiger partial charge in [0, 0.05) is 31.4 Å². The van der Waals surface area contributed by atoms with Crippen LogP contribution in [0.3, 0.4) is 0 Å². The fourth-order valence-electron chi connectivity index (χ4n) is 6.75. The van der Waals surface area contributed by atoms with Gasteiger partial charge >= 0.3 is 0 Å². The van der Waals surface area contributed by atoms with Crippen LogP contribution in [0.25, 0.3) is 10.9 Å². The number of anilines is 1. The van der Waals surface area contributed by atoms with Gasteiger partial charge in [0.2, 0.25) is 0 Å². The molecule has 0 amide bonds. The van der Waals surface area contributed by atoms with E-state index in [1.165, 1.54) is 18.6 Å². The molecule has 1 saturated heterocycles. The van der Waals surface area contributed by atoms with E-state index in [0.29, 0.717) is 41.2 Å². The molecule has 1 unspecified atom stereocenters. The van der Waals surface area contributed by atoms with Crippen LogP contribution < -0.4 is 16.6 Å². The number of hydrogen-bond acceptors (Lipinski definition) is 4. The number of nitrogens with one attached hydrogen (secondary N) is 1. The van der Waals surface area contributed by atoms with Crippen molar-refractivity contribution in [3.8, 4) is 0 Å². The maximum Gasteiger partial charge on any atom is 0.261 e. The highest BCUT2D eigenvalue weighted by Gasteiger charge is 2.56. The minimum Gasteiger partial charge on any atom is -0.339 e. The number of rotatable bonds is 5. The minimum absolute atomic E-state index is 0.0795. The van der Waals surface area contributed by atoms with Gasteiger partial charge in [-0.05, 0) is 78.3 Å². The van der Waals surface area contributed by atoms with Crippen molar-refractivity contribution in [3.63, 3.8) is 0 Å². The first-order valence-corrected chi connectivity index (χ1v) is 13.8. The summed E-state index contributed by atoms with van der Waals surface area (Å²) in [6, 6.07) is 12.5. The topological polar surface area (TPSA) is 88.5 Å². The molecule has 1 aliphatic heterocycles. The van der Waals surface area contributed by atoms with Crippen molar-refractivity contribution in [2.75, 3.05) is 18.4 Å². The maximum atomic E-state index is 13.2. The number of halogens is 1. The van der Waals surface area contributed by atoms with Crippen LogP contribution in [0.2, 0.25) is 0 Å². The van der Waals surface area contributed by atoms with Crippen LogP contribution >= 0.6 is 0 Å². The first-order valence-electron chi connectivity index (χ1n) is 13.8. The van der Waals surface area contributed by atoms with Crippen LogP contribution in [0.4, 0.5) is 10.1 Å². The van der Waals surface area contributed by atoms with Crippen molar-refractivity contribution in [1.82, 2.24) is 14.5 Å². The lowest BCUT2D eigenvalue weighted by Crippen LogP contribution is -2.60. The average Bonchev–Trinajstić information content (AvgIpc) is 2.88. The molecule has 38 heavy (non-hydrogen) atoms. The van der Waals surface area contributed by atoms with Crippen LogP contribution in [0.5, 0.6) is 0 Å². The molecular weight excluding hydrogens is 479 g/mol. The smallest absolute Gasteiger partial charge is 0.261 e. The summed E-state index contributed by atoms with van der Waals surface area (Å²) in [5.41, 5.74) is 8.94. The van der Waals surface area contributed by atoms with Crippen molar-refractivity contribution in [2.24, 2.45) is 33.9 Å². The zero-order chi connectivity index (χ0) is 26.6. The molecule has 0 spiro atoms. The number of aliphatic imine (C=N–C) groups is 1. The first-order chi connectivity index (χ1) is 18.2. The summed E-state index contributed by atoms with van der Waals surface area (Å²) in [5, 5.41) is 4.11. The Balaban J connectivity index is 1.21. The third-order valence-electron chi connectivity index (χ3n) is 9.45. The summed E-state index contributed by atoms with van der Waals surface area (Å²) in [6.07, 6.45) is 4.68. The lowest BCUT2D eigenvalue weighted by Gasteiger charge is -2.61. The Morgan fingerprint density at radius 2 is 1.95 bits per heavy atom. The van der Waals surface area contributed by atoms with Crippen molar-refractivity contribution in [1.29, 1.82) is 0 Å². The summed E-state index contributed by atoms with van der Waals surface area (Å²) in [6.45, 7) is 9.24. The molecule has 1 aromatic heterocycles. The zero-order valence-electron chi connectivity index (χ0n) is 22.4. The SMILES string of the molecule is C[C@@H]1[C@@H](N=C(Nc2ccc3c(=O)n(CCc4ccc(F)cc4)cnc3c2)N2CC(N)C2)CC2C[C@H]1C2(C)C. The average molecular weight is 517 g/mol. The Kier molecular flexibility index (Phi) is 6.25. The molecule has 2 heterocycles. The lowest BCUT2D eigenvalue weighted by atomic mass is 9.45. The summed E-state index contributed by atoms with van der Waals surface area (Å²) in [7, 11) is 0. The van der Waals surface area contributed by atoms with E-state index in [2.05, 4.69) is 36.0 Å². The normalized spacial score (nSPS) is 26.7. The van der Waals surface area contributed by atoms with Crippen molar-refractivity contribution in [2.45, 2.75) is 58.7 Å². The Morgan fingerprint density at radius 3 is 2.63 bits per heavy atom. The number of aryl methyl sites for hydroxylation is 2. The number of nitrogens with two attached hydrogens (primary N) is 1. The van der Waals surface area contributed by atoms with Gasteiger partial charge < -0.3 is 16.0 Å². The summed E-state index contributed by atoms with van der Waals surface area (Å²) < 4.78 is 14.8. The number of nitrogens with zero attached hydrogens (tertiary/aromatic N) is 4. The van der Waals surface area contributed by atoms with Gasteiger partial charge in [-0.2, -0.15) is 0 Å². The van der Waals surface area contributed by atoms with Crippen LogP contribution in [-0.4, -0.2) is 45.6 Å². The van der Waals surface area contributed by atoms with Gasteiger partial charge in [-0.3, -0.25) is 9.36 Å². The third-order valence-corrected chi connectivity index (χ3v) is 9.45. The molecule has 3 aliphatic carbocycles. The third kappa shape index (κ3) is 4.49. The number of aromatic nitrogens is 2. The van der Waals surface area contributed by atoms with Gasteiger partial charge in [0.05, 0.1) is 23.3 Å². The highest BCUT2D eigenvalue weighted by Crippen LogP contribution is 2.61. The predicted molar refractivity (Wildman–Crippen MR) is 150 cm³/mol. The second kappa shape index (κ2) is 9.49. The van der Waals surface area contributed by atoms with Crippen LogP contribution in [-0.2, 0) is 13.0 Å². The maximum absolute atomic E-state index is 13.2. The van der Waals surface area contributed by atoms with Gasteiger partial charge in [0.1, 0.15) is 5.82 Å². The second-order valence-electron chi connectivity index (χ2n) is 12.1. The molecule has 0 radical (unpaired) electrons. The molecule has 3 saturated carbocycles. The minimum atomic E-state index is -0.262. The zero-order valence-corrected chi connectivity index (χ0v) is 22.4. The van der Waals surface area contributed by atoms with E-state index in [1.54, 1.807) is 23.0 Å². The monoisotopic (exact) mass is 516 g/mol. The van der Waals surface area contributed by atoms with Crippen molar-refractivity contribution in [3.05, 3.63) is 70.5 Å². The number of likely N-dealkylation sites (tertiary alicyclic amines) is 1. The highest BCUT2D eigenvalue weighted by molar-refractivity contribution is 5.96. The fraction of sp³-hybridized carbons (Fsp3) is 0.500. The molecule has 7 nitrogen and oxygen atoms in total. The van der Waals surface area contributed by atoms with E-state index >= 15 is 0 Å². The van der Waals surface area contributed by atoms with Crippen molar-refractivity contribution >= 4 is 22.5 Å². The van der Waals surface area contributed by atoms with Crippen LogP contribution in [0.1, 0.15) is 39.2 Å². The van der Waals surface area contributed by atoms with Gasteiger partial charge in [0.25, 0.3) is 5.56 Å². The van der Waals surface area contributed by atoms with Gasteiger partial charge in [-0.25, -0.2) is 14.4 Å². The quantitative estimate of drug-likeness (QED) is 0.391. The van der Waals surface area contributed by atoms with Crippen molar-refractivity contribution < 1.29 is 4.39 Å². The Labute approximate surface area is 223 Å². The standard InChI is InChI=1S/C30H37FN6O/c1-18-25-12-20(30(25,2)3)13-26(18)35-29(37-15-22(32)16-37)34-23-8-9-24-27(14-23)33-17-36(28(24)38)11-10-19-4-6-21(31)7-5-19/h4-9,14,17-18,20,22,25-26H,10-13,15-16,32H2,1-3H3,(H,34,35)/t18-,20?,25+,26-/m0/s1. The van der Waals surface area contributed by atoms with Crippen LogP contribution in [0, 0.1) is 29.0 Å². The summed E-state index contributed by atoms with van der Waals surface area (Å²) in [5.74, 6) is 2.63. The van der Waals surface area contributed by atoms with E-state index in [0.717, 1.165) is 48.6 Å². The molecule has 4 fully saturated rings. The van der Waals surface area contributed by atoms with Crippen LogP contribution in [0.15, 0.2) is 58.6 Å². The van der Waals surface area contributed by atoms with E-state index in [1.807, 2.05) is 18.2 Å². The van der Waals surface area contributed by atoms with E-state index < -0.39 is 0 Å². The Bertz CT molecular complexity index is 1420. The summed E-state index contributed by atoms with van der Waals surface area (Å²) in [4.78, 5) is 25.2. The molecule has 2 aromatic carbocycles. The fourth-order valence-corrected chi connectivity index (χ4v) is 6.75.